The molecule has 0 unspecified atom stereocenters. The number of aryl methyl sites for hydroxylation is 1. The van der Waals surface area contributed by atoms with Crippen LogP contribution in [0, 0.1) is 0 Å². The van der Waals surface area contributed by atoms with Crippen molar-refractivity contribution in [3.63, 3.8) is 0 Å². The Labute approximate surface area is 135 Å². The summed E-state index contributed by atoms with van der Waals surface area (Å²) in [6, 6.07) is 6.82. The summed E-state index contributed by atoms with van der Waals surface area (Å²) >= 11 is 0. The second-order valence-corrected chi connectivity index (χ2v) is 5.19. The lowest BCUT2D eigenvalue weighted by atomic mass is 10.2. The Balaban J connectivity index is 0.000000595. The van der Waals surface area contributed by atoms with E-state index in [1.807, 2.05) is 12.1 Å². The lowest BCUT2D eigenvalue weighted by molar-refractivity contribution is -0.115. The van der Waals surface area contributed by atoms with E-state index in [1.54, 1.807) is 36.3 Å². The largest absolute Gasteiger partial charge is 0.326 e. The third-order valence-electron chi connectivity index (χ3n) is 2.97. The number of carbonyl (C=O) groups is 2. The quantitative estimate of drug-likeness (QED) is 0.849. The number of urea groups is 1. The highest BCUT2D eigenvalue weighted by Gasteiger charge is 2.26. The Morgan fingerprint density at radius 3 is 2.70 bits per heavy atom. The first kappa shape index (κ1) is 16.5. The van der Waals surface area contributed by atoms with E-state index in [9.17, 15) is 9.59 Å². The smallest absolute Gasteiger partial charge is 0.323 e. The van der Waals surface area contributed by atoms with Gasteiger partial charge in [-0.1, -0.05) is 32.4 Å². The number of hydrogen-bond acceptors (Lipinski definition) is 3. The first-order chi connectivity index (χ1) is 11.0. The maximum atomic E-state index is 12.3. The van der Waals surface area contributed by atoms with Gasteiger partial charge in [0.1, 0.15) is 6.54 Å². The van der Waals surface area contributed by atoms with Crippen LogP contribution in [0.2, 0.25) is 0 Å². The molecule has 7 nitrogen and oxygen atoms in total. The molecule has 23 heavy (non-hydrogen) atoms. The highest BCUT2D eigenvalue weighted by atomic mass is 16.2. The zero-order chi connectivity index (χ0) is 16.8. The molecule has 1 aromatic heterocycles. The summed E-state index contributed by atoms with van der Waals surface area (Å²) in [7, 11) is 1.76. The summed E-state index contributed by atoms with van der Waals surface area (Å²) in [5, 5.41) is 9.43. The number of para-hydroxylation sites is 2. The van der Waals surface area contributed by atoms with Gasteiger partial charge < -0.3 is 10.6 Å². The molecule has 122 valence electrons. The second-order valence-electron chi connectivity index (χ2n) is 5.19. The molecule has 0 saturated carbocycles. The molecule has 1 aliphatic heterocycles. The van der Waals surface area contributed by atoms with Crippen molar-refractivity contribution >= 4 is 29.0 Å². The van der Waals surface area contributed by atoms with Crippen molar-refractivity contribution in [2.75, 3.05) is 22.1 Å². The number of carbonyl (C=O) groups excluding carboxylic acids is 2. The second kappa shape index (κ2) is 7.44. The van der Waals surface area contributed by atoms with Crippen molar-refractivity contribution < 1.29 is 9.59 Å². The van der Waals surface area contributed by atoms with E-state index in [-0.39, 0.29) is 18.5 Å². The number of amides is 3. The molecule has 3 rings (SSSR count). The zero-order valence-corrected chi connectivity index (χ0v) is 13.5. The Kier molecular flexibility index (Phi) is 5.35. The fourth-order valence-electron chi connectivity index (χ4n) is 2.09. The molecule has 0 spiro atoms. The topological polar surface area (TPSA) is 79.3 Å². The van der Waals surface area contributed by atoms with Gasteiger partial charge in [0.25, 0.3) is 0 Å². The predicted molar refractivity (Wildman–Crippen MR) is 90.6 cm³/mol. The molecule has 0 bridgehead atoms. The van der Waals surface area contributed by atoms with Crippen LogP contribution in [-0.4, -0.2) is 28.3 Å². The average molecular weight is 315 g/mol. The minimum absolute atomic E-state index is 0.0108. The van der Waals surface area contributed by atoms with Crippen molar-refractivity contribution in [2.45, 2.75) is 20.3 Å². The number of nitrogens with zero attached hydrogens (tertiary/aromatic N) is 3. The van der Waals surface area contributed by atoms with Gasteiger partial charge in [-0.15, -0.1) is 0 Å². The number of aromatic nitrogens is 2. The maximum Gasteiger partial charge on any atom is 0.326 e. The molecule has 0 atom stereocenters. The van der Waals surface area contributed by atoms with Crippen LogP contribution >= 0.6 is 0 Å². The molecule has 7 heteroatoms. The van der Waals surface area contributed by atoms with E-state index >= 15 is 0 Å². The van der Waals surface area contributed by atoms with Crippen LogP contribution in [-0.2, 0) is 11.8 Å². The third-order valence-corrected chi connectivity index (χ3v) is 2.97. The van der Waals surface area contributed by atoms with Gasteiger partial charge in [-0.2, -0.15) is 5.10 Å². The molecule has 0 aliphatic carbocycles. The van der Waals surface area contributed by atoms with Crippen LogP contribution in [0.5, 0.6) is 0 Å². The fraction of sp³-hybridized carbons (Fsp3) is 0.312. The van der Waals surface area contributed by atoms with Gasteiger partial charge in [0.15, 0.2) is 0 Å². The summed E-state index contributed by atoms with van der Waals surface area (Å²) in [6.07, 6.45) is 4.49. The maximum absolute atomic E-state index is 12.3. The van der Waals surface area contributed by atoms with Gasteiger partial charge in [0, 0.05) is 13.2 Å². The van der Waals surface area contributed by atoms with Crippen LogP contribution < -0.4 is 15.5 Å². The van der Waals surface area contributed by atoms with Gasteiger partial charge in [0.2, 0.25) is 5.91 Å². The van der Waals surface area contributed by atoms with Crippen molar-refractivity contribution in [1.29, 1.82) is 0 Å². The molecule has 3 amide bonds. The van der Waals surface area contributed by atoms with Crippen LogP contribution in [0.15, 0.2) is 36.7 Å². The van der Waals surface area contributed by atoms with Gasteiger partial charge in [-0.25, -0.2) is 4.79 Å². The fourth-order valence-corrected chi connectivity index (χ4v) is 2.09. The number of nitrogens with one attached hydrogen (secondary N) is 2. The number of hydrogen-bond donors (Lipinski definition) is 2. The minimum atomic E-state index is -0.361. The van der Waals surface area contributed by atoms with Crippen LogP contribution in [0.3, 0.4) is 0 Å². The van der Waals surface area contributed by atoms with Crippen molar-refractivity contribution in [3.05, 3.63) is 36.7 Å². The Morgan fingerprint density at radius 1 is 1.35 bits per heavy atom. The molecule has 2 N–H and O–H groups in total. The Morgan fingerprint density at radius 2 is 2.04 bits per heavy atom. The third kappa shape index (κ3) is 4.09. The van der Waals surface area contributed by atoms with Crippen LogP contribution in [0.4, 0.5) is 21.9 Å². The SMILES string of the molecule is CCC.Cn1cc(NC(=O)N2CC(=O)Nc3ccccc32)cn1. The number of benzene rings is 1. The molecule has 1 aromatic carbocycles. The standard InChI is InChI=1S/C13H13N5O2.C3H8/c1-17-7-9(6-14-17)15-13(20)18-8-12(19)16-10-4-2-3-5-11(10)18;1-3-2/h2-7H,8H2,1H3,(H,15,20)(H,16,19);3H2,1-2H3. The van der Waals surface area contributed by atoms with E-state index in [1.165, 1.54) is 11.3 Å². The molecule has 2 heterocycles. The van der Waals surface area contributed by atoms with Gasteiger partial charge in [-0.3, -0.25) is 14.4 Å². The molecule has 1 aliphatic rings. The summed E-state index contributed by atoms with van der Waals surface area (Å²) in [5.41, 5.74) is 1.89. The van der Waals surface area contributed by atoms with Crippen LogP contribution in [0.25, 0.3) is 0 Å². The van der Waals surface area contributed by atoms with E-state index in [2.05, 4.69) is 29.6 Å². The minimum Gasteiger partial charge on any atom is -0.323 e. The van der Waals surface area contributed by atoms with E-state index in [0.717, 1.165) is 0 Å². The van der Waals surface area contributed by atoms with E-state index in [4.69, 9.17) is 0 Å². The molecule has 0 saturated heterocycles. The molecule has 0 radical (unpaired) electrons. The summed E-state index contributed by atoms with van der Waals surface area (Å²) in [6.45, 7) is 4.24. The molecule has 2 aromatic rings. The molecular formula is C16H21N5O2. The van der Waals surface area contributed by atoms with E-state index < -0.39 is 0 Å². The lowest BCUT2D eigenvalue weighted by Gasteiger charge is -2.28. The van der Waals surface area contributed by atoms with Crippen molar-refractivity contribution in [1.82, 2.24) is 9.78 Å². The summed E-state index contributed by atoms with van der Waals surface area (Å²) in [4.78, 5) is 25.3. The molecule has 0 fully saturated rings. The monoisotopic (exact) mass is 315 g/mol. The van der Waals surface area contributed by atoms with Gasteiger partial charge in [0.05, 0.1) is 23.3 Å². The summed E-state index contributed by atoms with van der Waals surface area (Å²) < 4.78 is 1.59. The highest BCUT2D eigenvalue weighted by molar-refractivity contribution is 6.12. The lowest BCUT2D eigenvalue weighted by Crippen LogP contribution is -2.44. The average Bonchev–Trinajstić information content (AvgIpc) is 2.92. The van der Waals surface area contributed by atoms with Crippen molar-refractivity contribution in [3.8, 4) is 0 Å². The van der Waals surface area contributed by atoms with Gasteiger partial charge in [-0.05, 0) is 12.1 Å². The van der Waals surface area contributed by atoms with E-state index in [0.29, 0.717) is 17.1 Å². The Hall–Kier alpha value is -2.83. The van der Waals surface area contributed by atoms with Crippen LogP contribution in [0.1, 0.15) is 20.3 Å². The zero-order valence-electron chi connectivity index (χ0n) is 13.5. The highest BCUT2D eigenvalue weighted by Crippen LogP contribution is 2.29. The number of anilines is 3. The number of fused-ring (bicyclic) bond motifs is 1. The predicted octanol–water partition coefficient (Wildman–Crippen LogP) is 2.83. The first-order valence-corrected chi connectivity index (χ1v) is 7.51. The summed E-state index contributed by atoms with van der Waals surface area (Å²) in [5.74, 6) is -0.218. The normalized spacial score (nSPS) is 12.7. The molecular weight excluding hydrogens is 294 g/mol. The van der Waals surface area contributed by atoms with Gasteiger partial charge >= 0.3 is 6.03 Å². The Bertz CT molecular complexity index is 695. The number of rotatable bonds is 1. The van der Waals surface area contributed by atoms with Crippen molar-refractivity contribution in [2.24, 2.45) is 7.05 Å². The first-order valence-electron chi connectivity index (χ1n) is 7.51.